The van der Waals surface area contributed by atoms with Gasteiger partial charge in [0.15, 0.2) is 0 Å². The quantitative estimate of drug-likeness (QED) is 0.184. The highest BCUT2D eigenvalue weighted by molar-refractivity contribution is 5.77. The maximum absolute atomic E-state index is 16.3. The molecule has 3 atom stereocenters. The first kappa shape index (κ1) is 40.0. The molecule has 266 valence electrons. The number of hydrogen-bond acceptors (Lipinski definition) is 8. The standard InChI is InChI=1S/C26H29FN6.4C2H4O2/c27-21-14-18(17-6-2-1-3-7-17)10-11-26(21,22-15-30-24(32-22)19-8-4-12-28-19)23-16-31-25(33-23)20-9-5-13-29-20;4*1-2(3)4/h1-3,6-7,10-11,14-16,19-21,28-29H,4-5,8-9,12-13H2,(H,30,32)(H,31,33);4*1H3,(H,3,4)/t19-,20-,21?;;;;/m0..../s1. The van der Waals surface area contributed by atoms with Gasteiger partial charge in [-0.1, -0.05) is 42.5 Å². The summed E-state index contributed by atoms with van der Waals surface area (Å²) in [4.78, 5) is 52.2. The zero-order chi connectivity index (χ0) is 36.6. The van der Waals surface area contributed by atoms with E-state index in [9.17, 15) is 0 Å². The van der Waals surface area contributed by atoms with Crippen molar-refractivity contribution in [1.82, 2.24) is 30.6 Å². The summed E-state index contributed by atoms with van der Waals surface area (Å²) in [5, 5.41) is 36.6. The predicted molar refractivity (Wildman–Crippen MR) is 180 cm³/mol. The van der Waals surface area contributed by atoms with Crippen molar-refractivity contribution in [1.29, 1.82) is 0 Å². The molecular formula is C34H45FN6O8. The molecule has 2 aliphatic heterocycles. The minimum atomic E-state index is -1.28. The van der Waals surface area contributed by atoms with Gasteiger partial charge in [-0.15, -0.1) is 0 Å². The summed E-state index contributed by atoms with van der Waals surface area (Å²) >= 11 is 0. The monoisotopic (exact) mass is 684 g/mol. The minimum Gasteiger partial charge on any atom is -0.481 e. The maximum Gasteiger partial charge on any atom is 0.300 e. The average molecular weight is 685 g/mol. The summed E-state index contributed by atoms with van der Waals surface area (Å²) in [7, 11) is 0. The van der Waals surface area contributed by atoms with E-state index in [2.05, 4.69) is 30.6 Å². The van der Waals surface area contributed by atoms with Crippen LogP contribution in [0.15, 0.2) is 61.0 Å². The first-order valence-electron chi connectivity index (χ1n) is 15.6. The van der Waals surface area contributed by atoms with Gasteiger partial charge in [-0.2, -0.15) is 0 Å². The fraction of sp³-hybridized carbons (Fsp3) is 0.412. The van der Waals surface area contributed by atoms with Gasteiger partial charge in [-0.05, 0) is 56.0 Å². The lowest BCUT2D eigenvalue weighted by molar-refractivity contribution is -0.135. The molecule has 2 saturated heterocycles. The van der Waals surface area contributed by atoms with E-state index in [1.54, 1.807) is 18.5 Å². The third kappa shape index (κ3) is 12.8. The molecule has 0 amide bonds. The van der Waals surface area contributed by atoms with Gasteiger partial charge in [0.05, 0.1) is 23.5 Å². The molecule has 8 N–H and O–H groups in total. The van der Waals surface area contributed by atoms with Gasteiger partial charge in [0, 0.05) is 40.1 Å². The van der Waals surface area contributed by atoms with Crippen LogP contribution in [0.3, 0.4) is 0 Å². The van der Waals surface area contributed by atoms with Gasteiger partial charge < -0.3 is 41.0 Å². The summed E-state index contributed by atoms with van der Waals surface area (Å²) < 4.78 is 16.3. The van der Waals surface area contributed by atoms with Crippen LogP contribution in [0.4, 0.5) is 4.39 Å². The van der Waals surface area contributed by atoms with Crippen LogP contribution in [0.25, 0.3) is 5.57 Å². The molecule has 3 aromatic rings. The summed E-state index contributed by atoms with van der Waals surface area (Å²) in [5.74, 6) is -1.59. The minimum absolute atomic E-state index is 0.192. The van der Waals surface area contributed by atoms with Crippen molar-refractivity contribution in [3.8, 4) is 0 Å². The Labute approximate surface area is 283 Å². The largest absolute Gasteiger partial charge is 0.481 e. The molecule has 1 unspecified atom stereocenters. The van der Waals surface area contributed by atoms with Gasteiger partial charge in [0.2, 0.25) is 0 Å². The van der Waals surface area contributed by atoms with Gasteiger partial charge in [-0.3, -0.25) is 19.2 Å². The number of imidazole rings is 2. The first-order chi connectivity index (χ1) is 23.2. The molecule has 14 nitrogen and oxygen atoms in total. The number of rotatable bonds is 5. The van der Waals surface area contributed by atoms with E-state index in [0.717, 1.165) is 101 Å². The number of alkyl halides is 1. The van der Waals surface area contributed by atoms with E-state index in [1.807, 2.05) is 42.5 Å². The summed E-state index contributed by atoms with van der Waals surface area (Å²) in [6, 6.07) is 10.3. The predicted octanol–water partition coefficient (Wildman–Crippen LogP) is 4.62. The first-order valence-corrected chi connectivity index (χ1v) is 15.6. The lowest BCUT2D eigenvalue weighted by atomic mass is 9.73. The van der Waals surface area contributed by atoms with Crippen molar-refractivity contribution in [3.63, 3.8) is 0 Å². The number of carboxylic acid groups (broad SMARTS) is 4. The molecule has 0 bridgehead atoms. The molecule has 4 heterocycles. The normalized spacial score (nSPS) is 19.9. The smallest absolute Gasteiger partial charge is 0.300 e. The van der Waals surface area contributed by atoms with Crippen molar-refractivity contribution < 1.29 is 44.0 Å². The van der Waals surface area contributed by atoms with Crippen LogP contribution < -0.4 is 10.6 Å². The SMILES string of the molecule is CC(=O)O.CC(=O)O.CC(=O)O.CC(=O)O.FC1C=C(c2ccccc2)C=CC1(c1cnc([C@@H]2CCCN2)[nH]1)c1cnc([C@@H]2CCCN2)[nH]1. The number of H-pyrrole nitrogens is 2. The topological polar surface area (TPSA) is 231 Å². The van der Waals surface area contributed by atoms with Crippen molar-refractivity contribution in [2.75, 3.05) is 13.1 Å². The van der Waals surface area contributed by atoms with Crippen LogP contribution in [0.5, 0.6) is 0 Å². The molecule has 6 rings (SSSR count). The fourth-order valence-electron chi connectivity index (χ4n) is 5.39. The van der Waals surface area contributed by atoms with E-state index in [1.165, 1.54) is 0 Å². The Bertz CT molecular complexity index is 1460. The molecule has 0 spiro atoms. The molecule has 1 aromatic carbocycles. The number of benzene rings is 1. The van der Waals surface area contributed by atoms with E-state index in [0.29, 0.717) is 0 Å². The molecule has 2 fully saturated rings. The van der Waals surface area contributed by atoms with Gasteiger partial charge in [-0.25, -0.2) is 14.4 Å². The number of carboxylic acids is 4. The van der Waals surface area contributed by atoms with E-state index >= 15 is 4.39 Å². The molecule has 0 saturated carbocycles. The van der Waals surface area contributed by atoms with E-state index in [-0.39, 0.29) is 12.1 Å². The summed E-state index contributed by atoms with van der Waals surface area (Å²) in [5.41, 5.74) is 2.34. The number of aromatic nitrogens is 4. The third-order valence-corrected chi connectivity index (χ3v) is 7.26. The second-order valence-corrected chi connectivity index (χ2v) is 11.3. The van der Waals surface area contributed by atoms with Gasteiger partial charge >= 0.3 is 0 Å². The zero-order valence-electron chi connectivity index (χ0n) is 27.9. The van der Waals surface area contributed by atoms with Crippen molar-refractivity contribution in [3.05, 3.63) is 89.6 Å². The third-order valence-electron chi connectivity index (χ3n) is 7.26. The van der Waals surface area contributed by atoms with E-state index < -0.39 is 35.5 Å². The lowest BCUT2D eigenvalue weighted by Gasteiger charge is -2.33. The number of nitrogens with one attached hydrogen (secondary N) is 4. The highest BCUT2D eigenvalue weighted by Gasteiger charge is 2.45. The number of carbonyl (C=O) groups is 4. The van der Waals surface area contributed by atoms with Gasteiger partial charge in [0.25, 0.3) is 23.9 Å². The highest BCUT2D eigenvalue weighted by Crippen LogP contribution is 2.43. The molecule has 0 radical (unpaired) electrons. The van der Waals surface area contributed by atoms with Crippen LogP contribution in [0.1, 0.15) is 94.1 Å². The molecule has 3 aliphatic rings. The van der Waals surface area contributed by atoms with Crippen LogP contribution in [0, 0.1) is 0 Å². The van der Waals surface area contributed by atoms with Crippen molar-refractivity contribution >= 4 is 29.5 Å². The number of aromatic amines is 2. The number of allylic oxidation sites excluding steroid dienone is 4. The lowest BCUT2D eigenvalue weighted by Crippen LogP contribution is -2.38. The highest BCUT2D eigenvalue weighted by atomic mass is 19.1. The maximum atomic E-state index is 16.3. The number of aliphatic carboxylic acids is 4. The molecule has 15 heteroatoms. The second kappa shape index (κ2) is 19.6. The zero-order valence-corrected chi connectivity index (χ0v) is 27.9. The van der Waals surface area contributed by atoms with Crippen LogP contribution in [0.2, 0.25) is 0 Å². The Morgan fingerprint density at radius 1 is 0.735 bits per heavy atom. The average Bonchev–Trinajstić information content (AvgIpc) is 3.84. The Hall–Kier alpha value is -5.15. The molecule has 1 aliphatic carbocycles. The number of hydrogen-bond donors (Lipinski definition) is 8. The number of halogens is 1. The molecule has 2 aromatic heterocycles. The van der Waals surface area contributed by atoms with E-state index in [4.69, 9.17) is 39.6 Å². The molecule has 49 heavy (non-hydrogen) atoms. The van der Waals surface area contributed by atoms with Crippen LogP contribution in [-0.2, 0) is 24.6 Å². The Morgan fingerprint density at radius 2 is 1.14 bits per heavy atom. The summed E-state index contributed by atoms with van der Waals surface area (Å²) in [6.07, 6.45) is 12.3. The van der Waals surface area contributed by atoms with Crippen molar-refractivity contribution in [2.24, 2.45) is 0 Å². The second-order valence-electron chi connectivity index (χ2n) is 11.3. The van der Waals surface area contributed by atoms with Crippen LogP contribution >= 0.6 is 0 Å². The van der Waals surface area contributed by atoms with Crippen molar-refractivity contribution in [2.45, 2.75) is 77.0 Å². The fourth-order valence-corrected chi connectivity index (χ4v) is 5.39. The Morgan fingerprint density at radius 3 is 1.49 bits per heavy atom. The number of nitrogens with zero attached hydrogens (tertiary/aromatic N) is 2. The summed E-state index contributed by atoms with van der Waals surface area (Å²) in [6.45, 7) is 6.30. The van der Waals surface area contributed by atoms with Crippen LogP contribution in [-0.4, -0.2) is 83.5 Å². The molecular weight excluding hydrogens is 639 g/mol. The Balaban J connectivity index is 0.000000440. The van der Waals surface area contributed by atoms with Gasteiger partial charge in [0.1, 0.15) is 23.2 Å². The Kier molecular flexibility index (Phi) is 16.0.